The van der Waals surface area contributed by atoms with Gasteiger partial charge in [-0.05, 0) is 105 Å². The minimum absolute atomic E-state index is 0.121. The molecular weight excluding hydrogens is 812 g/mol. The maximum Gasteiger partial charge on any atom is 0.242 e. The van der Waals surface area contributed by atoms with E-state index in [-0.39, 0.29) is 35.6 Å². The maximum absolute atomic E-state index is 15.1. The monoisotopic (exact) mass is 840 g/mol. The van der Waals surface area contributed by atoms with Crippen molar-refractivity contribution in [2.24, 2.45) is 36.1 Å². The van der Waals surface area contributed by atoms with Gasteiger partial charge in [-0.1, -0.05) is 23.3 Å². The first-order chi connectivity index (χ1) is 23.7. The highest BCUT2D eigenvalue weighted by atomic mass is 79.9. The third-order valence-corrected chi connectivity index (χ3v) is 15.1. The van der Waals surface area contributed by atoms with Crippen LogP contribution in [-0.4, -0.2) is 57.6 Å². The summed E-state index contributed by atoms with van der Waals surface area (Å²) >= 11 is 15.0. The van der Waals surface area contributed by atoms with E-state index in [1.54, 1.807) is 35.2 Å². The first-order valence-corrected chi connectivity index (χ1v) is 18.9. The van der Waals surface area contributed by atoms with Crippen LogP contribution in [0.1, 0.15) is 36.8 Å². The number of anilines is 1. The van der Waals surface area contributed by atoms with E-state index in [4.69, 9.17) is 21.4 Å². The smallest absolute Gasteiger partial charge is 0.242 e. The van der Waals surface area contributed by atoms with Crippen LogP contribution in [0.2, 0.25) is 5.02 Å². The molecular formula is C36H31Br2ClN4O6S. The quantitative estimate of drug-likeness (QED) is 0.168. The fourth-order valence-electron chi connectivity index (χ4n) is 8.93. The number of phenols is 1. The molecule has 4 aromatic rings. The fraction of sp³-hybridized carbons (Fsp3) is 0.361. The standard InChI is InChI=1S/C36H31Br2ClN4O6S/c1-14-18-10-15(39)6-9-24(18)50-31(14)22-13-25(42(4)40-22)43-33(46)21-11-19-16(7-8-17-26(19)34(47)41(3)32(17)45)27(36(21,2)35(43)48)20-12-23(49-5)30(44)29(38)28(20)37/h6-7,9-10,12-13,17,19,21,26-27,44H,8,11H2,1-5H3. The van der Waals surface area contributed by atoms with Crippen LogP contribution in [0.25, 0.3) is 20.7 Å². The summed E-state index contributed by atoms with van der Waals surface area (Å²) in [5.74, 6) is -4.05. The highest BCUT2D eigenvalue weighted by molar-refractivity contribution is 9.13. The lowest BCUT2D eigenvalue weighted by atomic mass is 9.51. The Morgan fingerprint density at radius 3 is 2.50 bits per heavy atom. The van der Waals surface area contributed by atoms with Gasteiger partial charge in [0, 0.05) is 40.3 Å². The zero-order valence-corrected chi connectivity index (χ0v) is 32.3. The topological polar surface area (TPSA) is 122 Å². The molecule has 4 amide bonds. The number of hydrogen-bond acceptors (Lipinski definition) is 8. The molecule has 3 fully saturated rings. The Labute approximate surface area is 313 Å². The second-order valence-corrected chi connectivity index (χ2v) is 16.8. The van der Waals surface area contributed by atoms with Gasteiger partial charge in [0.2, 0.25) is 23.6 Å². The highest BCUT2D eigenvalue weighted by Crippen LogP contribution is 2.65. The molecule has 2 aliphatic heterocycles. The highest BCUT2D eigenvalue weighted by Gasteiger charge is 2.68. The number of phenolic OH excluding ortho intramolecular Hbond substituents is 1. The Hall–Kier alpha value is -3.52. The van der Waals surface area contributed by atoms with Gasteiger partial charge in [0.15, 0.2) is 11.5 Å². The molecule has 8 rings (SSSR count). The van der Waals surface area contributed by atoms with Crippen LogP contribution in [-0.2, 0) is 26.2 Å². The molecule has 0 radical (unpaired) electrons. The number of benzene rings is 2. The predicted molar refractivity (Wildman–Crippen MR) is 196 cm³/mol. The third-order valence-electron chi connectivity index (χ3n) is 11.4. The number of likely N-dealkylation sites (tertiary alicyclic amines) is 1. The van der Waals surface area contributed by atoms with Gasteiger partial charge in [0.05, 0.1) is 39.6 Å². The Morgan fingerprint density at radius 1 is 1.04 bits per heavy atom. The van der Waals surface area contributed by atoms with Gasteiger partial charge in [-0.25, -0.2) is 4.90 Å². The van der Waals surface area contributed by atoms with Gasteiger partial charge < -0.3 is 9.84 Å². The van der Waals surface area contributed by atoms with Gasteiger partial charge in [-0.2, -0.15) is 5.10 Å². The maximum atomic E-state index is 15.1. The number of aromatic hydroxyl groups is 1. The minimum Gasteiger partial charge on any atom is -0.503 e. The Balaban J connectivity index is 1.29. The Bertz CT molecular complexity index is 2270. The number of fused-ring (bicyclic) bond motifs is 5. The van der Waals surface area contributed by atoms with Crippen LogP contribution >= 0.6 is 54.8 Å². The lowest BCUT2D eigenvalue weighted by molar-refractivity contribution is -0.138. The predicted octanol–water partition coefficient (Wildman–Crippen LogP) is 7.36. The molecule has 0 spiro atoms. The zero-order chi connectivity index (χ0) is 35.7. The molecule has 14 heteroatoms. The summed E-state index contributed by atoms with van der Waals surface area (Å²) in [5, 5.41) is 17.3. The van der Waals surface area contributed by atoms with Crippen molar-refractivity contribution in [2.75, 3.05) is 19.1 Å². The number of rotatable bonds is 4. The minimum atomic E-state index is -1.30. The Kier molecular flexibility index (Phi) is 7.73. The number of allylic oxidation sites excluding steroid dienone is 2. The van der Waals surface area contributed by atoms with Crippen molar-refractivity contribution in [3.05, 3.63) is 67.1 Å². The molecule has 10 nitrogen and oxygen atoms in total. The van der Waals surface area contributed by atoms with Crippen molar-refractivity contribution >= 4 is 94.3 Å². The summed E-state index contributed by atoms with van der Waals surface area (Å²) in [7, 11) is 4.66. The lowest BCUT2D eigenvalue weighted by Gasteiger charge is -2.49. The largest absolute Gasteiger partial charge is 0.503 e. The van der Waals surface area contributed by atoms with Crippen molar-refractivity contribution < 1.29 is 29.0 Å². The second kappa shape index (κ2) is 11.5. The van der Waals surface area contributed by atoms with Crippen LogP contribution < -0.4 is 9.64 Å². The van der Waals surface area contributed by atoms with E-state index in [2.05, 4.69) is 31.9 Å². The van der Waals surface area contributed by atoms with Crippen LogP contribution in [0.5, 0.6) is 11.5 Å². The molecule has 6 unspecified atom stereocenters. The average molecular weight is 843 g/mol. The van der Waals surface area contributed by atoms with Gasteiger partial charge in [0.25, 0.3) is 0 Å². The number of ether oxygens (including phenoxy) is 1. The molecule has 4 heterocycles. The summed E-state index contributed by atoms with van der Waals surface area (Å²) in [4.78, 5) is 60.0. The van der Waals surface area contributed by atoms with E-state index in [1.807, 2.05) is 38.1 Å². The number of hydrogen-bond donors (Lipinski definition) is 1. The fourth-order valence-corrected chi connectivity index (χ4v) is 11.2. The molecule has 2 aliphatic carbocycles. The molecule has 6 atom stereocenters. The van der Waals surface area contributed by atoms with Crippen LogP contribution in [0.4, 0.5) is 5.82 Å². The van der Waals surface area contributed by atoms with Crippen molar-refractivity contribution in [2.45, 2.75) is 32.6 Å². The first kappa shape index (κ1) is 33.6. The number of aromatic nitrogens is 2. The number of nitrogens with zero attached hydrogens (tertiary/aromatic N) is 4. The van der Waals surface area contributed by atoms with Crippen LogP contribution in [0.3, 0.4) is 0 Å². The molecule has 1 N–H and O–H groups in total. The third kappa shape index (κ3) is 4.39. The normalized spacial score (nSPS) is 27.6. The van der Waals surface area contributed by atoms with Gasteiger partial charge in [0.1, 0.15) is 11.5 Å². The van der Waals surface area contributed by atoms with Gasteiger partial charge in [-0.15, -0.1) is 11.3 Å². The summed E-state index contributed by atoms with van der Waals surface area (Å²) in [6.07, 6.45) is 2.55. The summed E-state index contributed by atoms with van der Waals surface area (Å²) < 4.78 is 8.97. The Morgan fingerprint density at radius 2 is 1.78 bits per heavy atom. The number of carbonyl (C=O) groups is 4. The van der Waals surface area contributed by atoms with Gasteiger partial charge >= 0.3 is 0 Å². The van der Waals surface area contributed by atoms with E-state index in [0.717, 1.165) is 26.1 Å². The summed E-state index contributed by atoms with van der Waals surface area (Å²) in [5.41, 5.74) is 1.77. The van der Waals surface area contributed by atoms with E-state index in [9.17, 15) is 19.5 Å². The number of carbonyl (C=O) groups excluding carboxylic acids is 4. The first-order valence-electron chi connectivity index (χ1n) is 16.1. The molecule has 0 bridgehead atoms. The summed E-state index contributed by atoms with van der Waals surface area (Å²) in [6, 6.07) is 9.19. The van der Waals surface area contributed by atoms with E-state index >= 15 is 4.79 Å². The number of halogens is 3. The summed E-state index contributed by atoms with van der Waals surface area (Å²) in [6.45, 7) is 3.82. The number of methoxy groups -OCH3 is 1. The van der Waals surface area contributed by atoms with Crippen molar-refractivity contribution in [3.8, 4) is 22.1 Å². The van der Waals surface area contributed by atoms with Crippen molar-refractivity contribution in [1.82, 2.24) is 14.7 Å². The molecule has 2 aromatic heterocycles. The van der Waals surface area contributed by atoms with Gasteiger partial charge in [-0.3, -0.25) is 28.8 Å². The van der Waals surface area contributed by atoms with E-state index < -0.39 is 40.9 Å². The van der Waals surface area contributed by atoms with Crippen molar-refractivity contribution in [1.29, 1.82) is 0 Å². The molecule has 4 aliphatic rings. The SMILES string of the molecule is COc1cc(C2C3=CCC4C(=O)N(C)C(=O)C4C3CC3C(=O)N(c4cc(-c5sc6ccc(Cl)cc6c5C)nn4C)C(=O)C32C)c(Br)c(Br)c1O. The van der Waals surface area contributed by atoms with E-state index in [1.165, 1.54) is 24.0 Å². The van der Waals surface area contributed by atoms with Crippen LogP contribution in [0, 0.1) is 36.0 Å². The number of aryl methyl sites for hydroxylation is 2. The molecule has 1 saturated carbocycles. The second-order valence-electron chi connectivity index (χ2n) is 13.7. The average Bonchev–Trinajstić information content (AvgIpc) is 3.75. The zero-order valence-electron chi connectivity index (χ0n) is 27.6. The molecule has 2 saturated heterocycles. The molecule has 258 valence electrons. The molecule has 2 aromatic carbocycles. The van der Waals surface area contributed by atoms with Crippen LogP contribution in [0.15, 0.2) is 50.9 Å². The number of imide groups is 2. The van der Waals surface area contributed by atoms with Crippen molar-refractivity contribution in [3.63, 3.8) is 0 Å². The molecule has 50 heavy (non-hydrogen) atoms. The number of amides is 4. The number of thiophene rings is 1. The lowest BCUT2D eigenvalue weighted by Crippen LogP contribution is -2.49. The van der Waals surface area contributed by atoms with E-state index in [0.29, 0.717) is 37.5 Å².